The fourth-order valence-electron chi connectivity index (χ4n) is 5.49. The zero-order valence-corrected chi connectivity index (χ0v) is 24.9. The maximum Gasteiger partial charge on any atom is 0.164 e. The molecule has 0 saturated heterocycles. The van der Waals surface area contributed by atoms with E-state index in [0.717, 1.165) is 59.7 Å². The molecule has 0 N–H and O–H groups in total. The van der Waals surface area contributed by atoms with Crippen molar-refractivity contribution in [3.05, 3.63) is 152 Å². The molecule has 0 atom stereocenters. The Morgan fingerprint density at radius 2 is 1.00 bits per heavy atom. The molecule has 45 heavy (non-hydrogen) atoms. The van der Waals surface area contributed by atoms with E-state index in [0.29, 0.717) is 17.5 Å². The third kappa shape index (κ3) is 5.28. The molecule has 5 nitrogen and oxygen atoms in total. The second-order valence-corrected chi connectivity index (χ2v) is 11.6. The summed E-state index contributed by atoms with van der Waals surface area (Å²) in [5.74, 6) is 1.87. The van der Waals surface area contributed by atoms with Crippen LogP contribution < -0.4 is 0 Å². The van der Waals surface area contributed by atoms with Gasteiger partial charge in [0, 0.05) is 45.8 Å². The number of rotatable bonds is 6. The smallest absolute Gasteiger partial charge is 0.164 e. The molecule has 0 radical (unpaired) electrons. The number of aromatic nitrogens is 5. The summed E-state index contributed by atoms with van der Waals surface area (Å²) in [6, 6.07) is 47.3. The van der Waals surface area contributed by atoms with Crippen molar-refractivity contribution in [3.8, 4) is 67.0 Å². The number of hydrogen-bond acceptors (Lipinski definition) is 6. The lowest BCUT2D eigenvalue weighted by Gasteiger charge is -2.14. The maximum atomic E-state index is 5.13. The lowest BCUT2D eigenvalue weighted by molar-refractivity contribution is 1.07. The first kappa shape index (κ1) is 26.8. The second kappa shape index (κ2) is 11.7. The number of thiazole rings is 1. The molecule has 5 aromatic carbocycles. The van der Waals surface area contributed by atoms with E-state index >= 15 is 0 Å². The fourth-order valence-corrected chi connectivity index (χ4v) is 6.48. The maximum absolute atomic E-state index is 5.13. The highest BCUT2D eigenvalue weighted by Crippen LogP contribution is 2.41. The van der Waals surface area contributed by atoms with Crippen molar-refractivity contribution in [2.24, 2.45) is 0 Å². The highest BCUT2D eigenvalue weighted by atomic mass is 32.1. The summed E-state index contributed by atoms with van der Waals surface area (Å²) in [7, 11) is 0. The Kier molecular flexibility index (Phi) is 6.94. The van der Waals surface area contributed by atoms with Gasteiger partial charge in [-0.15, -0.1) is 11.3 Å². The van der Waals surface area contributed by atoms with Gasteiger partial charge in [0.1, 0.15) is 5.01 Å². The highest BCUT2D eigenvalue weighted by Gasteiger charge is 2.18. The van der Waals surface area contributed by atoms with Crippen LogP contribution in [-0.2, 0) is 0 Å². The molecule has 8 rings (SSSR count). The molecule has 3 heterocycles. The van der Waals surface area contributed by atoms with Crippen LogP contribution in [0.4, 0.5) is 0 Å². The van der Waals surface area contributed by atoms with E-state index in [1.54, 1.807) is 17.5 Å². The number of pyridine rings is 1. The van der Waals surface area contributed by atoms with Crippen molar-refractivity contribution in [1.82, 2.24) is 24.9 Å². The van der Waals surface area contributed by atoms with Gasteiger partial charge in [-0.2, -0.15) is 0 Å². The molecule has 0 fully saturated rings. The van der Waals surface area contributed by atoms with Crippen LogP contribution in [0.15, 0.2) is 152 Å². The van der Waals surface area contributed by atoms with Crippen LogP contribution in [-0.4, -0.2) is 24.9 Å². The highest BCUT2D eigenvalue weighted by molar-refractivity contribution is 7.21. The van der Waals surface area contributed by atoms with Crippen LogP contribution in [0, 0.1) is 0 Å². The van der Waals surface area contributed by atoms with Gasteiger partial charge >= 0.3 is 0 Å². The number of hydrogen-bond donors (Lipinski definition) is 0. The number of nitrogens with zero attached hydrogens (tertiary/aromatic N) is 5. The molecule has 3 aromatic heterocycles. The van der Waals surface area contributed by atoms with Gasteiger partial charge in [-0.25, -0.2) is 19.9 Å². The van der Waals surface area contributed by atoms with Crippen molar-refractivity contribution in [1.29, 1.82) is 0 Å². The average molecular weight is 596 g/mol. The Labute approximate surface area is 264 Å². The van der Waals surface area contributed by atoms with Gasteiger partial charge in [-0.3, -0.25) is 4.98 Å². The first-order valence-corrected chi connectivity index (χ1v) is 15.5. The van der Waals surface area contributed by atoms with E-state index in [1.165, 1.54) is 0 Å². The van der Waals surface area contributed by atoms with Gasteiger partial charge < -0.3 is 0 Å². The predicted octanol–water partition coefficient (Wildman–Crippen LogP) is 9.88. The molecule has 0 bridgehead atoms. The fraction of sp³-hybridized carbons (Fsp3) is 0. The number of benzene rings is 5. The lowest BCUT2D eigenvalue weighted by atomic mass is 9.92. The Bertz CT molecular complexity index is 2190. The largest absolute Gasteiger partial charge is 0.264 e. The van der Waals surface area contributed by atoms with Gasteiger partial charge in [0.15, 0.2) is 17.5 Å². The van der Waals surface area contributed by atoms with Crippen molar-refractivity contribution in [2.45, 2.75) is 0 Å². The Balaban J connectivity index is 1.32. The van der Waals surface area contributed by atoms with E-state index in [1.807, 2.05) is 79.0 Å². The summed E-state index contributed by atoms with van der Waals surface area (Å²) < 4.78 is 1.14. The van der Waals surface area contributed by atoms with Crippen molar-refractivity contribution >= 4 is 21.6 Å². The van der Waals surface area contributed by atoms with Crippen LogP contribution in [0.3, 0.4) is 0 Å². The molecule has 0 aliphatic heterocycles. The first-order chi connectivity index (χ1) is 22.3. The zero-order chi connectivity index (χ0) is 30.0. The normalized spacial score (nSPS) is 11.1. The van der Waals surface area contributed by atoms with Gasteiger partial charge in [0.2, 0.25) is 0 Å². The lowest BCUT2D eigenvalue weighted by Crippen LogP contribution is -2.00. The van der Waals surface area contributed by atoms with Gasteiger partial charge in [-0.1, -0.05) is 121 Å². The predicted molar refractivity (Wildman–Crippen MR) is 183 cm³/mol. The molecule has 0 amide bonds. The molecule has 0 aliphatic rings. The van der Waals surface area contributed by atoms with Crippen LogP contribution in [0.25, 0.3) is 77.2 Å². The summed E-state index contributed by atoms with van der Waals surface area (Å²) in [4.78, 5) is 24.4. The zero-order valence-electron chi connectivity index (χ0n) is 24.1. The van der Waals surface area contributed by atoms with Gasteiger partial charge in [0.25, 0.3) is 0 Å². The van der Waals surface area contributed by atoms with Crippen LogP contribution >= 0.6 is 11.3 Å². The number of fused-ring (bicyclic) bond motifs is 1. The minimum absolute atomic E-state index is 0.609. The monoisotopic (exact) mass is 595 g/mol. The van der Waals surface area contributed by atoms with Gasteiger partial charge in [0.05, 0.1) is 10.2 Å². The summed E-state index contributed by atoms with van der Waals surface area (Å²) >= 11 is 1.71. The molecule has 8 aromatic rings. The minimum Gasteiger partial charge on any atom is -0.264 e. The van der Waals surface area contributed by atoms with Crippen molar-refractivity contribution in [2.75, 3.05) is 0 Å². The Morgan fingerprint density at radius 1 is 0.400 bits per heavy atom. The van der Waals surface area contributed by atoms with E-state index < -0.39 is 0 Å². The van der Waals surface area contributed by atoms with Crippen molar-refractivity contribution in [3.63, 3.8) is 0 Å². The topological polar surface area (TPSA) is 64.5 Å². The molecule has 0 unspecified atom stereocenters. The summed E-state index contributed by atoms with van der Waals surface area (Å²) in [5, 5.41) is 1.00. The second-order valence-electron chi connectivity index (χ2n) is 10.6. The van der Waals surface area contributed by atoms with Gasteiger partial charge in [-0.05, 0) is 29.3 Å². The molecular formula is C39H25N5S. The summed E-state index contributed by atoms with van der Waals surface area (Å²) in [6.45, 7) is 0. The molecule has 0 aliphatic carbocycles. The van der Waals surface area contributed by atoms with E-state index in [2.05, 4.69) is 71.7 Å². The standard InChI is InChI=1S/C39H25N5S/c1-4-12-26(13-5-1)36-42-37(27-14-6-2-7-15-27)44-38(43-36)29-21-22-31(33(24-29)30-18-11-23-40-25-30)32-19-10-20-34-35(32)41-39(45-34)28-16-8-3-9-17-28/h1-25H. The van der Waals surface area contributed by atoms with E-state index in [-0.39, 0.29) is 0 Å². The Hall–Kier alpha value is -5.85. The molecule has 0 saturated carbocycles. The van der Waals surface area contributed by atoms with Crippen LogP contribution in [0.2, 0.25) is 0 Å². The van der Waals surface area contributed by atoms with Crippen LogP contribution in [0.1, 0.15) is 0 Å². The van der Waals surface area contributed by atoms with Crippen LogP contribution in [0.5, 0.6) is 0 Å². The first-order valence-electron chi connectivity index (χ1n) is 14.7. The molecule has 0 spiro atoms. The average Bonchev–Trinajstić information content (AvgIpc) is 3.58. The third-order valence-electron chi connectivity index (χ3n) is 7.68. The molecule has 212 valence electrons. The minimum atomic E-state index is 0.609. The quantitative estimate of drug-likeness (QED) is 0.191. The van der Waals surface area contributed by atoms with E-state index in [9.17, 15) is 0 Å². The third-order valence-corrected chi connectivity index (χ3v) is 8.75. The number of para-hydroxylation sites is 1. The SMILES string of the molecule is c1ccc(-c2nc(-c3ccccc3)nc(-c3ccc(-c4cccc5sc(-c6ccccc6)nc45)c(-c4cccnc4)c3)n2)cc1. The summed E-state index contributed by atoms with van der Waals surface area (Å²) in [5.41, 5.74) is 9.05. The van der Waals surface area contributed by atoms with E-state index in [4.69, 9.17) is 19.9 Å². The van der Waals surface area contributed by atoms with Crippen molar-refractivity contribution < 1.29 is 0 Å². The molecule has 6 heteroatoms. The summed E-state index contributed by atoms with van der Waals surface area (Å²) in [6.07, 6.45) is 3.70. The molecular weight excluding hydrogens is 571 g/mol. The Morgan fingerprint density at radius 3 is 1.62 bits per heavy atom.